The number of ether oxygens (including phenoxy) is 1. The molecule has 7 nitrogen and oxygen atoms in total. The van der Waals surface area contributed by atoms with Crippen molar-refractivity contribution < 1.29 is 19.1 Å². The second-order valence-corrected chi connectivity index (χ2v) is 7.45. The number of hydrogen-bond donors (Lipinski definition) is 0. The van der Waals surface area contributed by atoms with Crippen LogP contribution in [0.15, 0.2) is 54.6 Å². The predicted octanol–water partition coefficient (Wildman–Crippen LogP) is 1.53. The van der Waals surface area contributed by atoms with Crippen LogP contribution in [0.25, 0.3) is 0 Å². The first-order valence-corrected chi connectivity index (χ1v) is 9.97. The van der Waals surface area contributed by atoms with Gasteiger partial charge in [-0.15, -0.1) is 0 Å². The summed E-state index contributed by atoms with van der Waals surface area (Å²) in [5.41, 5.74) is 1.20. The van der Waals surface area contributed by atoms with Crippen LogP contribution in [-0.4, -0.2) is 85.7 Å². The number of rotatable bonds is 7. The van der Waals surface area contributed by atoms with Crippen LogP contribution in [0.3, 0.4) is 0 Å². The third-order valence-electron chi connectivity index (χ3n) is 5.10. The molecule has 2 aromatic carbocycles. The fourth-order valence-electron chi connectivity index (χ4n) is 3.18. The van der Waals surface area contributed by atoms with E-state index in [4.69, 9.17) is 4.74 Å². The lowest BCUT2D eigenvalue weighted by Crippen LogP contribution is -2.51. The van der Waals surface area contributed by atoms with Crippen LogP contribution in [0, 0.1) is 0 Å². The van der Waals surface area contributed by atoms with E-state index in [1.54, 1.807) is 60.3 Å². The Morgan fingerprint density at radius 1 is 0.867 bits per heavy atom. The molecular weight excluding hydrogens is 382 g/mol. The molecule has 0 saturated carbocycles. The zero-order valence-corrected chi connectivity index (χ0v) is 17.4. The number of amides is 2. The maximum atomic E-state index is 12.4. The zero-order valence-electron chi connectivity index (χ0n) is 17.4. The number of ketones is 1. The van der Waals surface area contributed by atoms with E-state index in [0.717, 1.165) is 0 Å². The van der Waals surface area contributed by atoms with Crippen molar-refractivity contribution in [1.29, 1.82) is 0 Å². The lowest BCUT2D eigenvalue weighted by atomic mass is 10.0. The zero-order chi connectivity index (χ0) is 21.5. The van der Waals surface area contributed by atoms with E-state index in [1.165, 1.54) is 0 Å². The molecule has 0 radical (unpaired) electrons. The van der Waals surface area contributed by atoms with E-state index in [-0.39, 0.29) is 24.2 Å². The maximum Gasteiger partial charge on any atom is 0.260 e. The average molecular weight is 409 g/mol. The van der Waals surface area contributed by atoms with Crippen molar-refractivity contribution in [2.24, 2.45) is 0 Å². The molecule has 7 heteroatoms. The average Bonchev–Trinajstić information content (AvgIpc) is 2.78. The van der Waals surface area contributed by atoms with E-state index >= 15 is 0 Å². The van der Waals surface area contributed by atoms with Gasteiger partial charge in [-0.1, -0.05) is 30.3 Å². The van der Waals surface area contributed by atoms with Crippen molar-refractivity contribution in [3.05, 3.63) is 65.7 Å². The molecule has 1 aliphatic heterocycles. The van der Waals surface area contributed by atoms with Crippen molar-refractivity contribution in [3.63, 3.8) is 0 Å². The molecule has 2 aromatic rings. The lowest BCUT2D eigenvalue weighted by molar-refractivity contribution is -0.136. The Hall–Kier alpha value is -3.19. The smallest absolute Gasteiger partial charge is 0.260 e. The standard InChI is InChI=1S/C23H27N3O4/c1-24(2)21(27)16-25-12-14-26(15-13-25)22(28)17-30-20-10-8-19(9-11-20)23(29)18-6-4-3-5-7-18/h3-11H,12-17H2,1-2H3. The quantitative estimate of drug-likeness (QED) is 0.649. The third-order valence-corrected chi connectivity index (χ3v) is 5.10. The van der Waals surface area contributed by atoms with Gasteiger partial charge in [0.15, 0.2) is 12.4 Å². The van der Waals surface area contributed by atoms with Crippen LogP contribution in [0.5, 0.6) is 5.75 Å². The second-order valence-electron chi connectivity index (χ2n) is 7.45. The summed E-state index contributed by atoms with van der Waals surface area (Å²) in [5, 5.41) is 0. The maximum absolute atomic E-state index is 12.4. The van der Waals surface area contributed by atoms with Gasteiger partial charge in [0.2, 0.25) is 5.91 Å². The van der Waals surface area contributed by atoms with Gasteiger partial charge in [-0.05, 0) is 24.3 Å². The Morgan fingerprint density at radius 2 is 1.47 bits per heavy atom. The molecule has 30 heavy (non-hydrogen) atoms. The fraction of sp³-hybridized carbons (Fsp3) is 0.348. The van der Waals surface area contributed by atoms with Crippen LogP contribution in [-0.2, 0) is 9.59 Å². The SMILES string of the molecule is CN(C)C(=O)CN1CCN(C(=O)COc2ccc(C(=O)c3ccccc3)cc2)CC1. The molecule has 0 bridgehead atoms. The summed E-state index contributed by atoms with van der Waals surface area (Å²) in [7, 11) is 3.48. The minimum absolute atomic E-state index is 0.0520. The van der Waals surface area contributed by atoms with Gasteiger partial charge in [0, 0.05) is 51.4 Å². The molecule has 158 valence electrons. The molecule has 1 saturated heterocycles. The van der Waals surface area contributed by atoms with Gasteiger partial charge in [-0.25, -0.2) is 0 Å². The summed E-state index contributed by atoms with van der Waals surface area (Å²) in [6, 6.07) is 15.9. The Kier molecular flexibility index (Phi) is 7.19. The van der Waals surface area contributed by atoms with Gasteiger partial charge in [0.1, 0.15) is 5.75 Å². The van der Waals surface area contributed by atoms with Crippen LogP contribution in [0.1, 0.15) is 15.9 Å². The van der Waals surface area contributed by atoms with Gasteiger partial charge >= 0.3 is 0 Å². The first-order valence-electron chi connectivity index (χ1n) is 9.97. The molecule has 0 unspecified atom stereocenters. The van der Waals surface area contributed by atoms with Crippen molar-refractivity contribution in [3.8, 4) is 5.75 Å². The number of piperazine rings is 1. The van der Waals surface area contributed by atoms with E-state index in [1.807, 2.05) is 18.2 Å². The van der Waals surface area contributed by atoms with Crippen molar-refractivity contribution in [2.45, 2.75) is 0 Å². The number of nitrogens with zero attached hydrogens (tertiary/aromatic N) is 3. The fourth-order valence-corrected chi connectivity index (χ4v) is 3.18. The topological polar surface area (TPSA) is 70.2 Å². The van der Waals surface area contributed by atoms with Crippen LogP contribution in [0.2, 0.25) is 0 Å². The van der Waals surface area contributed by atoms with Crippen molar-refractivity contribution in [2.75, 3.05) is 53.4 Å². The molecule has 2 amide bonds. The van der Waals surface area contributed by atoms with Gasteiger partial charge in [0.05, 0.1) is 6.54 Å². The molecule has 0 aliphatic carbocycles. The Bertz CT molecular complexity index is 873. The van der Waals surface area contributed by atoms with E-state index < -0.39 is 0 Å². The van der Waals surface area contributed by atoms with E-state index in [0.29, 0.717) is 49.6 Å². The van der Waals surface area contributed by atoms with Crippen molar-refractivity contribution >= 4 is 17.6 Å². The summed E-state index contributed by atoms with van der Waals surface area (Å²) >= 11 is 0. The second kappa shape index (κ2) is 10.0. The highest BCUT2D eigenvalue weighted by Crippen LogP contribution is 2.16. The number of hydrogen-bond acceptors (Lipinski definition) is 5. The highest BCUT2D eigenvalue weighted by Gasteiger charge is 2.23. The first kappa shape index (κ1) is 21.5. The Morgan fingerprint density at radius 3 is 2.07 bits per heavy atom. The van der Waals surface area contributed by atoms with Gasteiger partial charge < -0.3 is 14.5 Å². The molecule has 0 spiro atoms. The van der Waals surface area contributed by atoms with E-state index in [9.17, 15) is 14.4 Å². The summed E-state index contributed by atoms with van der Waals surface area (Å²) in [6.45, 7) is 2.81. The predicted molar refractivity (Wildman–Crippen MR) is 114 cm³/mol. The van der Waals surface area contributed by atoms with Gasteiger partial charge in [-0.3, -0.25) is 19.3 Å². The molecule has 0 N–H and O–H groups in total. The Balaban J connectivity index is 1.45. The van der Waals surface area contributed by atoms with Crippen molar-refractivity contribution in [1.82, 2.24) is 14.7 Å². The molecule has 1 heterocycles. The largest absolute Gasteiger partial charge is 0.484 e. The summed E-state index contributed by atoms with van der Waals surface area (Å²) in [5.74, 6) is 0.470. The number of likely N-dealkylation sites (N-methyl/N-ethyl adjacent to an activating group) is 1. The minimum Gasteiger partial charge on any atom is -0.484 e. The van der Waals surface area contributed by atoms with Gasteiger partial charge in [0.25, 0.3) is 5.91 Å². The minimum atomic E-state index is -0.0852. The number of benzene rings is 2. The Labute approximate surface area is 176 Å². The molecule has 0 atom stereocenters. The highest BCUT2D eigenvalue weighted by atomic mass is 16.5. The normalized spacial score (nSPS) is 14.3. The van der Waals surface area contributed by atoms with Gasteiger partial charge in [-0.2, -0.15) is 0 Å². The third kappa shape index (κ3) is 5.67. The lowest BCUT2D eigenvalue weighted by Gasteiger charge is -2.34. The van der Waals surface area contributed by atoms with Crippen LogP contribution >= 0.6 is 0 Å². The molecular formula is C23H27N3O4. The van der Waals surface area contributed by atoms with E-state index in [2.05, 4.69) is 4.90 Å². The molecule has 1 fully saturated rings. The summed E-state index contributed by atoms with van der Waals surface area (Å²) in [4.78, 5) is 42.0. The molecule has 1 aliphatic rings. The molecule has 3 rings (SSSR count). The molecule has 0 aromatic heterocycles. The monoisotopic (exact) mass is 409 g/mol. The summed E-state index contributed by atoms with van der Waals surface area (Å²) in [6.07, 6.45) is 0. The number of carbonyl (C=O) groups is 3. The van der Waals surface area contributed by atoms with Crippen LogP contribution in [0.4, 0.5) is 0 Å². The van der Waals surface area contributed by atoms with Crippen LogP contribution < -0.4 is 4.74 Å². The highest BCUT2D eigenvalue weighted by molar-refractivity contribution is 6.08. The first-order chi connectivity index (χ1) is 14.4. The summed E-state index contributed by atoms with van der Waals surface area (Å²) < 4.78 is 5.61. The number of carbonyl (C=O) groups excluding carboxylic acids is 3.